The van der Waals surface area contributed by atoms with Gasteiger partial charge in [0, 0.05) is 37.4 Å². The van der Waals surface area contributed by atoms with Gasteiger partial charge in [-0.2, -0.15) is 0 Å². The molecule has 1 atom stereocenters. The largest absolute Gasteiger partial charge is 0.494 e. The van der Waals surface area contributed by atoms with E-state index < -0.39 is 0 Å². The Bertz CT molecular complexity index is 1300. The van der Waals surface area contributed by atoms with Crippen LogP contribution in [0.15, 0.2) is 72.8 Å². The average Bonchev–Trinajstić information content (AvgIpc) is 3.57. The number of unbranched alkanes of at least 4 members (excludes halogenated alkanes) is 1. The Morgan fingerprint density at radius 3 is 2.13 bits per heavy atom. The van der Waals surface area contributed by atoms with Crippen molar-refractivity contribution < 1.29 is 23.8 Å². The maximum Gasteiger partial charge on any atom is 0.220 e. The van der Waals surface area contributed by atoms with E-state index in [0.717, 1.165) is 56.1 Å². The number of hydrogen-bond acceptors (Lipinski definition) is 6. The van der Waals surface area contributed by atoms with Crippen molar-refractivity contribution in [2.45, 2.75) is 77.7 Å². The van der Waals surface area contributed by atoms with Crippen LogP contribution in [-0.4, -0.2) is 62.1 Å². The molecule has 3 aromatic carbocycles. The first-order valence-corrected chi connectivity index (χ1v) is 16.7. The molecule has 3 aromatic rings. The molecule has 0 radical (unpaired) electrons. The van der Waals surface area contributed by atoms with Gasteiger partial charge in [-0.15, -0.1) is 0 Å². The van der Waals surface area contributed by atoms with Crippen molar-refractivity contribution in [2.75, 3.05) is 39.5 Å². The molecule has 1 unspecified atom stereocenters. The first-order chi connectivity index (χ1) is 22.0. The third kappa shape index (κ3) is 12.2. The van der Waals surface area contributed by atoms with E-state index in [0.29, 0.717) is 51.1 Å². The van der Waals surface area contributed by atoms with Crippen molar-refractivity contribution in [3.05, 3.63) is 89.5 Å². The highest BCUT2D eigenvalue weighted by Gasteiger charge is 2.20. The van der Waals surface area contributed by atoms with Crippen LogP contribution >= 0.6 is 0 Å². The number of hydrogen-bond donors (Lipinski definition) is 1. The van der Waals surface area contributed by atoms with Crippen molar-refractivity contribution in [1.29, 1.82) is 0 Å². The number of benzene rings is 3. The van der Waals surface area contributed by atoms with Gasteiger partial charge in [-0.3, -0.25) is 9.59 Å². The van der Waals surface area contributed by atoms with Gasteiger partial charge in [0.2, 0.25) is 5.91 Å². The summed E-state index contributed by atoms with van der Waals surface area (Å²) >= 11 is 0. The SMILES string of the molecule is CCOc1ccc(C(=O)CCCCC(=O)NC(Cc2ccc(OCCCOc3cccc(CC)c3)cc2)CN2CCCC2)cc1. The monoisotopic (exact) mass is 614 g/mol. The van der Waals surface area contributed by atoms with E-state index >= 15 is 0 Å². The van der Waals surface area contributed by atoms with Gasteiger partial charge in [0.25, 0.3) is 0 Å². The van der Waals surface area contributed by atoms with Crippen LogP contribution in [0.3, 0.4) is 0 Å². The third-order valence-electron chi connectivity index (χ3n) is 8.13. The Hall–Kier alpha value is -3.84. The Morgan fingerprint density at radius 1 is 0.756 bits per heavy atom. The summed E-state index contributed by atoms with van der Waals surface area (Å²) in [7, 11) is 0. The zero-order chi connectivity index (χ0) is 31.7. The van der Waals surface area contributed by atoms with Crippen LogP contribution in [0.2, 0.25) is 0 Å². The summed E-state index contributed by atoms with van der Waals surface area (Å²) in [6.07, 6.45) is 7.23. The van der Waals surface area contributed by atoms with E-state index in [2.05, 4.69) is 41.4 Å². The Morgan fingerprint density at radius 2 is 1.42 bits per heavy atom. The molecule has 7 nitrogen and oxygen atoms in total. The second-order valence-electron chi connectivity index (χ2n) is 11.8. The molecule has 4 rings (SSSR count). The predicted octanol–water partition coefficient (Wildman–Crippen LogP) is 7.06. The van der Waals surface area contributed by atoms with Gasteiger partial charge in [-0.05, 0) is 118 Å². The summed E-state index contributed by atoms with van der Waals surface area (Å²) in [5.74, 6) is 2.67. The molecule has 1 heterocycles. The molecule has 1 amide bonds. The molecule has 1 aliphatic rings. The minimum atomic E-state index is 0.0382. The summed E-state index contributed by atoms with van der Waals surface area (Å²) in [5.41, 5.74) is 3.13. The zero-order valence-electron chi connectivity index (χ0n) is 27.1. The normalized spacial score (nSPS) is 13.7. The fourth-order valence-electron chi connectivity index (χ4n) is 5.66. The number of nitrogens with zero attached hydrogens (tertiary/aromatic N) is 1. The van der Waals surface area contributed by atoms with Gasteiger partial charge in [-0.25, -0.2) is 0 Å². The highest BCUT2D eigenvalue weighted by Crippen LogP contribution is 2.18. The van der Waals surface area contributed by atoms with Crippen LogP contribution in [0.25, 0.3) is 0 Å². The molecule has 1 fully saturated rings. The first-order valence-electron chi connectivity index (χ1n) is 16.7. The molecule has 1 saturated heterocycles. The van der Waals surface area contributed by atoms with Crippen molar-refractivity contribution in [2.24, 2.45) is 0 Å². The molecular weight excluding hydrogens is 564 g/mol. The topological polar surface area (TPSA) is 77.1 Å². The number of rotatable bonds is 20. The van der Waals surface area contributed by atoms with Crippen LogP contribution in [0.5, 0.6) is 17.2 Å². The number of likely N-dealkylation sites (tertiary alicyclic amines) is 1. The lowest BCUT2D eigenvalue weighted by Gasteiger charge is -2.25. The molecule has 242 valence electrons. The lowest BCUT2D eigenvalue weighted by molar-refractivity contribution is -0.122. The molecule has 0 spiro atoms. The molecule has 1 aliphatic heterocycles. The lowest BCUT2D eigenvalue weighted by atomic mass is 10.0. The van der Waals surface area contributed by atoms with Gasteiger partial charge in [-0.1, -0.05) is 31.2 Å². The molecule has 0 aliphatic carbocycles. The summed E-state index contributed by atoms with van der Waals surface area (Å²) in [4.78, 5) is 27.9. The number of nitrogens with one attached hydrogen (secondary N) is 1. The molecule has 0 aromatic heterocycles. The highest BCUT2D eigenvalue weighted by molar-refractivity contribution is 5.96. The fraction of sp³-hybridized carbons (Fsp3) is 0.474. The van der Waals surface area contributed by atoms with E-state index in [-0.39, 0.29) is 17.7 Å². The quantitative estimate of drug-likeness (QED) is 0.108. The van der Waals surface area contributed by atoms with E-state index in [4.69, 9.17) is 14.2 Å². The van der Waals surface area contributed by atoms with Crippen molar-refractivity contribution >= 4 is 11.7 Å². The van der Waals surface area contributed by atoms with Crippen LogP contribution in [0, 0.1) is 0 Å². The molecule has 7 heteroatoms. The zero-order valence-corrected chi connectivity index (χ0v) is 27.1. The average molecular weight is 615 g/mol. The summed E-state index contributed by atoms with van der Waals surface area (Å²) in [6, 6.07) is 23.8. The van der Waals surface area contributed by atoms with Gasteiger partial charge in [0.05, 0.1) is 19.8 Å². The second kappa shape index (κ2) is 18.8. The Balaban J connectivity index is 1.17. The van der Waals surface area contributed by atoms with Crippen molar-refractivity contribution in [1.82, 2.24) is 10.2 Å². The van der Waals surface area contributed by atoms with E-state index in [1.54, 1.807) is 0 Å². The van der Waals surface area contributed by atoms with E-state index in [1.165, 1.54) is 24.0 Å². The van der Waals surface area contributed by atoms with Crippen LogP contribution in [0.1, 0.15) is 80.3 Å². The van der Waals surface area contributed by atoms with Crippen LogP contribution in [-0.2, 0) is 17.6 Å². The highest BCUT2D eigenvalue weighted by atomic mass is 16.5. The number of Topliss-reactive ketones (excluding diaryl/α,β-unsaturated/α-hetero) is 1. The third-order valence-corrected chi connectivity index (χ3v) is 8.13. The lowest BCUT2D eigenvalue weighted by Crippen LogP contribution is -2.44. The van der Waals surface area contributed by atoms with Crippen molar-refractivity contribution in [3.8, 4) is 17.2 Å². The summed E-state index contributed by atoms with van der Waals surface area (Å²) in [5, 5.41) is 3.29. The van der Waals surface area contributed by atoms with E-state index in [9.17, 15) is 9.59 Å². The Kier molecular flexibility index (Phi) is 14.3. The first kappa shape index (κ1) is 34.0. The van der Waals surface area contributed by atoms with Gasteiger partial charge >= 0.3 is 0 Å². The molecule has 0 saturated carbocycles. The minimum absolute atomic E-state index is 0.0382. The van der Waals surface area contributed by atoms with Gasteiger partial charge < -0.3 is 24.4 Å². The molecule has 1 N–H and O–H groups in total. The standard InChI is InChI=1S/C38H50N2O5/c1-3-30-11-9-12-36(28-30)45-26-10-25-44-35-19-15-31(16-20-35)27-33(29-40-23-7-8-24-40)39-38(42)14-6-5-13-37(41)32-17-21-34(22-18-32)43-4-2/h9,11-12,15-22,28,33H,3-8,10,13-14,23-27,29H2,1-2H3,(H,39,42). The summed E-state index contributed by atoms with van der Waals surface area (Å²) < 4.78 is 17.3. The van der Waals surface area contributed by atoms with Crippen LogP contribution in [0.4, 0.5) is 0 Å². The number of carbonyl (C=O) groups is 2. The van der Waals surface area contributed by atoms with Gasteiger partial charge in [0.15, 0.2) is 5.78 Å². The second-order valence-corrected chi connectivity index (χ2v) is 11.8. The number of ether oxygens (including phenoxy) is 3. The minimum Gasteiger partial charge on any atom is -0.494 e. The number of aryl methyl sites for hydroxylation is 1. The number of ketones is 1. The molecular formula is C38H50N2O5. The molecule has 0 bridgehead atoms. The summed E-state index contributed by atoms with van der Waals surface area (Å²) in [6.45, 7) is 8.89. The van der Waals surface area contributed by atoms with Crippen molar-refractivity contribution in [3.63, 3.8) is 0 Å². The van der Waals surface area contributed by atoms with Crippen LogP contribution < -0.4 is 19.5 Å². The maximum absolute atomic E-state index is 12.9. The number of carbonyl (C=O) groups excluding carboxylic acids is 2. The number of amides is 1. The fourth-order valence-corrected chi connectivity index (χ4v) is 5.66. The van der Waals surface area contributed by atoms with E-state index in [1.807, 2.05) is 55.5 Å². The molecule has 45 heavy (non-hydrogen) atoms. The Labute approximate surface area is 269 Å². The maximum atomic E-state index is 12.9. The van der Waals surface area contributed by atoms with Gasteiger partial charge in [0.1, 0.15) is 17.2 Å². The predicted molar refractivity (Wildman–Crippen MR) is 180 cm³/mol. The smallest absolute Gasteiger partial charge is 0.220 e.